The van der Waals surface area contributed by atoms with E-state index in [9.17, 15) is 38.4 Å². The van der Waals surface area contributed by atoms with Crippen LogP contribution in [0.4, 0.5) is 0 Å². The van der Waals surface area contributed by atoms with E-state index in [1.807, 2.05) is 0 Å². The van der Waals surface area contributed by atoms with Crippen LogP contribution in [0.5, 0.6) is 0 Å². The zero-order chi connectivity index (χ0) is 42.8. The Hall–Kier alpha value is -5.80. The van der Waals surface area contributed by atoms with E-state index in [2.05, 4.69) is 42.5 Å². The monoisotopic (exact) mass is 792 g/mol. The minimum atomic E-state index is -1.60. The number of hydrogen-bond donors (Lipinski definition) is 8. The second kappa shape index (κ2) is 22.1. The van der Waals surface area contributed by atoms with Crippen molar-refractivity contribution in [1.82, 2.24) is 42.5 Å². The molecule has 0 saturated heterocycles. The molecule has 2 rings (SSSR count). The highest BCUT2D eigenvalue weighted by Crippen LogP contribution is 2.13. The van der Waals surface area contributed by atoms with Gasteiger partial charge in [0.2, 0.25) is 35.4 Å². The van der Waals surface area contributed by atoms with Gasteiger partial charge in [0, 0.05) is 38.2 Å². The van der Waals surface area contributed by atoms with Gasteiger partial charge in [-0.25, -0.2) is 0 Å². The zero-order valence-electron chi connectivity index (χ0n) is 34.4. The van der Waals surface area contributed by atoms with E-state index in [0.29, 0.717) is 49.9 Å². The molecule has 0 bridgehead atoms. The van der Waals surface area contributed by atoms with E-state index in [1.165, 1.54) is 55.5 Å². The summed E-state index contributed by atoms with van der Waals surface area (Å²) >= 11 is 0. The van der Waals surface area contributed by atoms with Crippen molar-refractivity contribution in [2.75, 3.05) is 20.1 Å². The Bertz CT molecular complexity index is 1710. The summed E-state index contributed by atoms with van der Waals surface area (Å²) in [7, 11) is 1.44. The Kier molecular flexibility index (Phi) is 18.3. The summed E-state index contributed by atoms with van der Waals surface area (Å²) in [5.41, 5.74) is -3.27. The summed E-state index contributed by atoms with van der Waals surface area (Å²) in [4.78, 5) is 104. The van der Waals surface area contributed by atoms with Crippen molar-refractivity contribution in [2.45, 2.75) is 116 Å². The summed E-state index contributed by atoms with van der Waals surface area (Å²) in [6.07, 6.45) is 2.03. The second-order valence-electron chi connectivity index (χ2n) is 15.4. The van der Waals surface area contributed by atoms with Gasteiger partial charge in [0.05, 0.1) is 0 Å². The Morgan fingerprint density at radius 2 is 0.860 bits per heavy atom. The van der Waals surface area contributed by atoms with Crippen LogP contribution in [-0.2, 0) is 28.8 Å². The SMILES string of the molecule is CNC(=O)C(C)(C)NC(=O)[C@H](CCCCNC(=O)c1ccccc1)NC(=O)C(C)(C)NC(=O)[C@H](CCCCNC(=O)c1ccccc1)NC(=O)C(C)(C)NC(C)=O. The number of carbonyl (C=O) groups excluding carboxylic acids is 8. The lowest BCUT2D eigenvalue weighted by Gasteiger charge is -2.32. The van der Waals surface area contributed by atoms with Crippen molar-refractivity contribution in [1.29, 1.82) is 0 Å². The van der Waals surface area contributed by atoms with E-state index >= 15 is 0 Å². The quantitative estimate of drug-likeness (QED) is 0.0815. The fourth-order valence-corrected chi connectivity index (χ4v) is 5.66. The maximum absolute atomic E-state index is 13.8. The molecule has 0 saturated carbocycles. The molecule has 57 heavy (non-hydrogen) atoms. The minimum absolute atomic E-state index is 0.132. The van der Waals surface area contributed by atoms with Gasteiger partial charge in [-0.2, -0.15) is 0 Å². The van der Waals surface area contributed by atoms with Crippen LogP contribution in [0.15, 0.2) is 60.7 Å². The molecule has 16 heteroatoms. The van der Waals surface area contributed by atoms with Crippen molar-refractivity contribution in [2.24, 2.45) is 0 Å². The molecule has 0 heterocycles. The van der Waals surface area contributed by atoms with E-state index in [0.717, 1.165) is 0 Å². The summed E-state index contributed by atoms with van der Waals surface area (Å²) in [6, 6.07) is 15.1. The first-order valence-corrected chi connectivity index (χ1v) is 19.1. The molecule has 2 atom stereocenters. The van der Waals surface area contributed by atoms with Crippen LogP contribution in [0.2, 0.25) is 0 Å². The maximum Gasteiger partial charge on any atom is 0.251 e. The van der Waals surface area contributed by atoms with E-state index < -0.39 is 64.1 Å². The highest BCUT2D eigenvalue weighted by molar-refractivity contribution is 5.99. The van der Waals surface area contributed by atoms with Crippen LogP contribution >= 0.6 is 0 Å². The molecule has 8 amide bonds. The van der Waals surface area contributed by atoms with Gasteiger partial charge in [-0.1, -0.05) is 36.4 Å². The molecule has 8 N–H and O–H groups in total. The highest BCUT2D eigenvalue weighted by Gasteiger charge is 2.38. The van der Waals surface area contributed by atoms with Crippen LogP contribution in [-0.4, -0.2) is 96.1 Å². The molecule has 0 aromatic heterocycles. The van der Waals surface area contributed by atoms with Gasteiger partial charge in [-0.15, -0.1) is 0 Å². The predicted octanol–water partition coefficient (Wildman–Crippen LogP) is 1.61. The lowest BCUT2D eigenvalue weighted by molar-refractivity contribution is -0.138. The molecule has 0 fully saturated rings. The lowest BCUT2D eigenvalue weighted by Crippen LogP contribution is -2.64. The van der Waals surface area contributed by atoms with Crippen LogP contribution in [0.25, 0.3) is 0 Å². The summed E-state index contributed by atoms with van der Waals surface area (Å²) in [5, 5.41) is 21.5. The molecular weight excluding hydrogens is 732 g/mol. The highest BCUT2D eigenvalue weighted by atomic mass is 16.2. The largest absolute Gasteiger partial charge is 0.357 e. The fourth-order valence-electron chi connectivity index (χ4n) is 5.66. The third-order valence-corrected chi connectivity index (χ3v) is 9.02. The van der Waals surface area contributed by atoms with E-state index in [1.54, 1.807) is 60.7 Å². The molecule has 16 nitrogen and oxygen atoms in total. The number of hydrogen-bond acceptors (Lipinski definition) is 8. The zero-order valence-corrected chi connectivity index (χ0v) is 34.4. The molecule has 0 aliphatic rings. The number of likely N-dealkylation sites (N-methyl/N-ethyl adjacent to an activating group) is 1. The number of unbranched alkanes of at least 4 members (excludes halogenated alkanes) is 2. The third-order valence-electron chi connectivity index (χ3n) is 9.02. The van der Waals surface area contributed by atoms with Crippen molar-refractivity contribution >= 4 is 47.3 Å². The molecule has 2 aromatic carbocycles. The molecule has 0 spiro atoms. The standard InChI is InChI=1S/C41H60N8O8/c1-27(50)47-40(4,5)37(56)45-31(24-16-18-26-44-33(52)29-21-13-10-14-22-29)35(54)49-41(6,7)38(57)46-30(34(53)48-39(2,3)36(55)42-8)23-15-17-25-43-32(51)28-19-11-9-12-20-28/h9-14,19-22,30-31H,15-18,23-26H2,1-8H3,(H,42,55)(H,43,51)(H,44,52)(H,45,56)(H,46,57)(H,47,50)(H,48,53)(H,49,54)/t30-,31-/m0/s1. The molecule has 0 aliphatic heterocycles. The molecule has 2 aromatic rings. The van der Waals surface area contributed by atoms with Crippen LogP contribution < -0.4 is 42.5 Å². The van der Waals surface area contributed by atoms with Crippen LogP contribution in [0, 0.1) is 0 Å². The number of amides is 8. The van der Waals surface area contributed by atoms with Crippen molar-refractivity contribution < 1.29 is 38.4 Å². The van der Waals surface area contributed by atoms with Gasteiger partial charge in [0.25, 0.3) is 11.8 Å². The van der Waals surface area contributed by atoms with Gasteiger partial charge >= 0.3 is 0 Å². The van der Waals surface area contributed by atoms with Crippen molar-refractivity contribution in [3.05, 3.63) is 71.8 Å². The Labute approximate surface area is 335 Å². The molecule has 312 valence electrons. The van der Waals surface area contributed by atoms with Gasteiger partial charge < -0.3 is 42.5 Å². The van der Waals surface area contributed by atoms with E-state index in [-0.39, 0.29) is 24.7 Å². The number of rotatable bonds is 22. The first-order chi connectivity index (χ1) is 26.7. The molecule has 0 radical (unpaired) electrons. The maximum atomic E-state index is 13.8. The summed E-state index contributed by atoms with van der Waals surface area (Å²) < 4.78 is 0. The van der Waals surface area contributed by atoms with Gasteiger partial charge in [0.15, 0.2) is 0 Å². The van der Waals surface area contributed by atoms with Crippen molar-refractivity contribution in [3.63, 3.8) is 0 Å². The average molecular weight is 793 g/mol. The molecule has 0 aliphatic carbocycles. The fraction of sp³-hybridized carbons (Fsp3) is 0.512. The van der Waals surface area contributed by atoms with Gasteiger partial charge in [0.1, 0.15) is 28.7 Å². The number of nitrogens with one attached hydrogen (secondary N) is 8. The van der Waals surface area contributed by atoms with Crippen LogP contribution in [0.3, 0.4) is 0 Å². The number of carbonyl (C=O) groups is 8. The lowest BCUT2D eigenvalue weighted by atomic mass is 9.98. The third kappa shape index (κ3) is 16.1. The smallest absolute Gasteiger partial charge is 0.251 e. The summed E-state index contributed by atoms with van der Waals surface area (Å²) in [5.74, 6) is -4.05. The summed E-state index contributed by atoms with van der Waals surface area (Å²) in [6.45, 7) is 10.8. The predicted molar refractivity (Wildman–Crippen MR) is 216 cm³/mol. The molecular formula is C41H60N8O8. The first-order valence-electron chi connectivity index (χ1n) is 19.1. The van der Waals surface area contributed by atoms with Crippen LogP contribution in [0.1, 0.15) is 108 Å². The normalized spacial score (nSPS) is 12.5. The van der Waals surface area contributed by atoms with Gasteiger partial charge in [-0.3, -0.25) is 38.4 Å². The van der Waals surface area contributed by atoms with E-state index in [4.69, 9.17) is 0 Å². The van der Waals surface area contributed by atoms with Gasteiger partial charge in [-0.05, 0) is 104 Å². The first kappa shape index (κ1) is 47.4. The second-order valence-corrected chi connectivity index (χ2v) is 15.4. The van der Waals surface area contributed by atoms with Crippen molar-refractivity contribution in [3.8, 4) is 0 Å². The molecule has 0 unspecified atom stereocenters. The number of benzene rings is 2. The average Bonchev–Trinajstić information content (AvgIpc) is 3.15. The Balaban J connectivity index is 2.16. The Morgan fingerprint density at radius 3 is 1.21 bits per heavy atom. The topological polar surface area (TPSA) is 233 Å². The minimum Gasteiger partial charge on any atom is -0.357 e. The Morgan fingerprint density at radius 1 is 0.509 bits per heavy atom.